The molecule has 0 saturated heterocycles. The van der Waals surface area contributed by atoms with Crippen molar-refractivity contribution in [2.24, 2.45) is 11.8 Å². The van der Waals surface area contributed by atoms with Crippen LogP contribution in [0, 0.1) is 11.8 Å². The molecule has 1 aliphatic carbocycles. The van der Waals surface area contributed by atoms with Gasteiger partial charge in [-0.25, -0.2) is 0 Å². The van der Waals surface area contributed by atoms with E-state index >= 15 is 0 Å². The van der Waals surface area contributed by atoms with Crippen LogP contribution in [0.1, 0.15) is 37.9 Å². The average Bonchev–Trinajstić information content (AvgIpc) is 3.22. The first kappa shape index (κ1) is 11.8. The van der Waals surface area contributed by atoms with Crippen molar-refractivity contribution in [1.29, 1.82) is 0 Å². The molecular weight excluding hydrogens is 228 g/mol. The second-order valence-corrected chi connectivity index (χ2v) is 5.40. The summed E-state index contributed by atoms with van der Waals surface area (Å²) in [6.07, 6.45) is 3.02. The van der Waals surface area contributed by atoms with Crippen LogP contribution in [-0.4, -0.2) is 18.3 Å². The van der Waals surface area contributed by atoms with E-state index in [4.69, 9.17) is 9.47 Å². The highest BCUT2D eigenvalue weighted by Crippen LogP contribution is 2.43. The Balaban J connectivity index is 1.81. The van der Waals surface area contributed by atoms with Gasteiger partial charge in [0.2, 0.25) is 0 Å². The van der Waals surface area contributed by atoms with Crippen LogP contribution in [0.3, 0.4) is 0 Å². The van der Waals surface area contributed by atoms with Gasteiger partial charge in [-0.3, -0.25) is 0 Å². The molecule has 0 aromatic heterocycles. The molecule has 1 saturated carbocycles. The third-order valence-corrected chi connectivity index (χ3v) is 3.98. The molecule has 2 atom stereocenters. The fourth-order valence-corrected chi connectivity index (χ4v) is 2.55. The van der Waals surface area contributed by atoms with Crippen LogP contribution in [0.15, 0.2) is 18.2 Å². The topological polar surface area (TPSA) is 38.7 Å². The van der Waals surface area contributed by atoms with Crippen molar-refractivity contribution in [3.05, 3.63) is 23.8 Å². The molecule has 1 aromatic rings. The predicted octanol–water partition coefficient (Wildman–Crippen LogP) is 2.93. The van der Waals surface area contributed by atoms with E-state index in [0.717, 1.165) is 23.5 Å². The lowest BCUT2D eigenvalue weighted by Gasteiger charge is -2.19. The van der Waals surface area contributed by atoms with Crippen molar-refractivity contribution in [2.75, 3.05) is 13.2 Å². The van der Waals surface area contributed by atoms with Gasteiger partial charge in [0.05, 0.1) is 19.3 Å². The summed E-state index contributed by atoms with van der Waals surface area (Å²) in [5.74, 6) is 2.58. The normalized spacial score (nSPS) is 22.1. The Kier molecular flexibility index (Phi) is 3.16. The lowest BCUT2D eigenvalue weighted by Crippen LogP contribution is -2.11. The van der Waals surface area contributed by atoms with Crippen LogP contribution in [-0.2, 0) is 0 Å². The smallest absolute Gasteiger partial charge is 0.161 e. The number of aliphatic hydroxyl groups excluding tert-OH is 1. The van der Waals surface area contributed by atoms with Crippen LogP contribution >= 0.6 is 0 Å². The second kappa shape index (κ2) is 4.81. The minimum Gasteiger partial charge on any atom is -0.490 e. The Morgan fingerprint density at radius 1 is 1.17 bits per heavy atom. The predicted molar refractivity (Wildman–Crippen MR) is 68.9 cm³/mol. The molecular formula is C15H20O3. The first-order chi connectivity index (χ1) is 8.75. The zero-order valence-electron chi connectivity index (χ0n) is 10.8. The molecule has 98 valence electrons. The monoisotopic (exact) mass is 248 g/mol. The van der Waals surface area contributed by atoms with Crippen molar-refractivity contribution < 1.29 is 14.6 Å². The molecule has 2 unspecified atom stereocenters. The van der Waals surface area contributed by atoms with Crippen LogP contribution in [0.4, 0.5) is 0 Å². The summed E-state index contributed by atoms with van der Waals surface area (Å²) in [5, 5.41) is 10.4. The Labute approximate surface area is 108 Å². The van der Waals surface area contributed by atoms with Gasteiger partial charge in [0, 0.05) is 6.42 Å². The van der Waals surface area contributed by atoms with E-state index in [1.165, 1.54) is 12.8 Å². The van der Waals surface area contributed by atoms with Gasteiger partial charge in [-0.15, -0.1) is 0 Å². The third kappa shape index (κ3) is 2.32. The summed E-state index contributed by atoms with van der Waals surface area (Å²) in [7, 11) is 0. The molecule has 0 amide bonds. The minimum atomic E-state index is -0.394. The largest absolute Gasteiger partial charge is 0.490 e. The number of benzene rings is 1. The van der Waals surface area contributed by atoms with Gasteiger partial charge in [0.15, 0.2) is 11.5 Å². The highest BCUT2D eigenvalue weighted by atomic mass is 16.5. The number of ether oxygens (including phenoxy) is 2. The second-order valence-electron chi connectivity index (χ2n) is 5.40. The molecule has 3 heteroatoms. The molecule has 0 bridgehead atoms. The van der Waals surface area contributed by atoms with E-state index in [1.54, 1.807) is 0 Å². The van der Waals surface area contributed by atoms with E-state index in [-0.39, 0.29) is 0 Å². The molecule has 3 nitrogen and oxygen atoms in total. The highest BCUT2D eigenvalue weighted by Gasteiger charge is 2.33. The van der Waals surface area contributed by atoms with E-state index < -0.39 is 6.10 Å². The summed E-state index contributed by atoms with van der Waals surface area (Å²) in [4.78, 5) is 0. The Morgan fingerprint density at radius 3 is 2.61 bits per heavy atom. The van der Waals surface area contributed by atoms with Crippen molar-refractivity contribution in [2.45, 2.75) is 32.3 Å². The van der Waals surface area contributed by atoms with Gasteiger partial charge in [-0.05, 0) is 42.4 Å². The molecule has 1 fully saturated rings. The van der Waals surface area contributed by atoms with Crippen LogP contribution in [0.25, 0.3) is 0 Å². The van der Waals surface area contributed by atoms with Gasteiger partial charge in [0.1, 0.15) is 0 Å². The van der Waals surface area contributed by atoms with Crippen molar-refractivity contribution in [3.8, 4) is 11.5 Å². The maximum absolute atomic E-state index is 10.4. The summed E-state index contributed by atoms with van der Waals surface area (Å²) in [5.41, 5.74) is 0.943. The lowest BCUT2D eigenvalue weighted by atomic mass is 9.93. The third-order valence-electron chi connectivity index (χ3n) is 3.98. The van der Waals surface area contributed by atoms with Gasteiger partial charge >= 0.3 is 0 Å². The van der Waals surface area contributed by atoms with Crippen molar-refractivity contribution in [1.82, 2.24) is 0 Å². The SMILES string of the molecule is CC(C1CC1)C(O)c1ccc2c(c1)OCCCO2. The fourth-order valence-electron chi connectivity index (χ4n) is 2.55. The van der Waals surface area contributed by atoms with Gasteiger partial charge in [-0.2, -0.15) is 0 Å². The minimum absolute atomic E-state index is 0.328. The lowest BCUT2D eigenvalue weighted by molar-refractivity contribution is 0.105. The fraction of sp³-hybridized carbons (Fsp3) is 0.600. The molecule has 1 aliphatic heterocycles. The molecule has 18 heavy (non-hydrogen) atoms. The van der Waals surface area contributed by atoms with Crippen molar-refractivity contribution in [3.63, 3.8) is 0 Å². The summed E-state index contributed by atoms with van der Waals surface area (Å²) in [6, 6.07) is 5.81. The molecule has 3 rings (SSSR count). The standard InChI is InChI=1S/C15H20O3/c1-10(11-3-4-11)15(16)12-5-6-13-14(9-12)18-8-2-7-17-13/h5-6,9-11,15-16H,2-4,7-8H2,1H3. The molecule has 2 aliphatic rings. The number of hydrogen-bond acceptors (Lipinski definition) is 3. The van der Waals surface area contributed by atoms with Crippen LogP contribution in [0.2, 0.25) is 0 Å². The number of aliphatic hydroxyl groups is 1. The first-order valence-electron chi connectivity index (χ1n) is 6.83. The Bertz CT molecular complexity index is 426. The zero-order valence-corrected chi connectivity index (χ0v) is 10.8. The van der Waals surface area contributed by atoms with Crippen molar-refractivity contribution >= 4 is 0 Å². The van der Waals surface area contributed by atoms with Gasteiger partial charge in [0.25, 0.3) is 0 Å². The zero-order chi connectivity index (χ0) is 12.5. The van der Waals surface area contributed by atoms with E-state index in [1.807, 2.05) is 18.2 Å². The quantitative estimate of drug-likeness (QED) is 0.893. The summed E-state index contributed by atoms with van der Waals surface area (Å²) in [6.45, 7) is 3.52. The van der Waals surface area contributed by atoms with Crippen LogP contribution in [0.5, 0.6) is 11.5 Å². The van der Waals surface area contributed by atoms with E-state index in [2.05, 4.69) is 6.92 Å². The maximum Gasteiger partial charge on any atom is 0.161 e. The average molecular weight is 248 g/mol. The maximum atomic E-state index is 10.4. The van der Waals surface area contributed by atoms with Gasteiger partial charge in [-0.1, -0.05) is 13.0 Å². The van der Waals surface area contributed by atoms with Crippen LogP contribution < -0.4 is 9.47 Å². The van der Waals surface area contributed by atoms with E-state index in [0.29, 0.717) is 25.0 Å². The van der Waals surface area contributed by atoms with E-state index in [9.17, 15) is 5.11 Å². The molecule has 1 heterocycles. The Hall–Kier alpha value is -1.22. The first-order valence-corrected chi connectivity index (χ1v) is 6.83. The number of rotatable bonds is 3. The summed E-state index contributed by atoms with van der Waals surface area (Å²) >= 11 is 0. The highest BCUT2D eigenvalue weighted by molar-refractivity contribution is 5.44. The number of fused-ring (bicyclic) bond motifs is 1. The molecule has 1 N–H and O–H groups in total. The molecule has 1 aromatic carbocycles. The Morgan fingerprint density at radius 2 is 1.89 bits per heavy atom. The molecule has 0 spiro atoms. The number of hydrogen-bond donors (Lipinski definition) is 1. The van der Waals surface area contributed by atoms with Gasteiger partial charge < -0.3 is 14.6 Å². The summed E-state index contributed by atoms with van der Waals surface area (Å²) < 4.78 is 11.3. The molecule has 0 radical (unpaired) electrons.